The highest BCUT2D eigenvalue weighted by atomic mass is 32.1. The number of carbonyl (C=O) groups excluding carboxylic acids is 1. The Bertz CT molecular complexity index is 1040. The van der Waals surface area contributed by atoms with E-state index in [4.69, 9.17) is 4.74 Å². The van der Waals surface area contributed by atoms with Crippen molar-refractivity contribution in [1.82, 2.24) is 0 Å². The van der Waals surface area contributed by atoms with Crippen molar-refractivity contribution in [2.45, 2.75) is 19.3 Å². The molecule has 1 amide bonds. The lowest BCUT2D eigenvalue weighted by molar-refractivity contribution is -0.116. The highest BCUT2D eigenvalue weighted by Crippen LogP contribution is 2.49. The molecule has 0 radical (unpaired) electrons. The molecule has 2 heterocycles. The summed E-state index contributed by atoms with van der Waals surface area (Å²) < 4.78 is 5.60. The first kappa shape index (κ1) is 18.3. The standard InChI is InChI=1S/C22H19NO4S/c1-2-27-15-10-6-9-14(11-15)16-12-17(24)23-19-18(13-7-4-3-5-8-13)21(22(25)26)28-20(16)19/h3-11,16H,2,12H2,1H3,(H,23,24)(H,25,26)/t16-/m1/s1. The SMILES string of the molecule is CCOc1cccc([C@H]2CC(=O)Nc3c2sc(C(=O)O)c3-c2ccccc2)c1. The number of fused-ring (bicyclic) bond motifs is 1. The fourth-order valence-corrected chi connectivity index (χ4v) is 4.82. The average Bonchev–Trinajstić information content (AvgIpc) is 3.08. The van der Waals surface area contributed by atoms with Crippen LogP contribution in [0.4, 0.5) is 5.69 Å². The number of carboxylic acid groups (broad SMARTS) is 1. The molecule has 2 N–H and O–H groups in total. The number of rotatable bonds is 5. The summed E-state index contributed by atoms with van der Waals surface area (Å²) in [7, 11) is 0. The van der Waals surface area contributed by atoms with Gasteiger partial charge in [0.1, 0.15) is 10.6 Å². The minimum absolute atomic E-state index is 0.119. The molecule has 4 rings (SSSR count). The third-order valence-electron chi connectivity index (χ3n) is 4.73. The zero-order valence-corrected chi connectivity index (χ0v) is 16.1. The van der Waals surface area contributed by atoms with E-state index in [-0.39, 0.29) is 23.1 Å². The Morgan fingerprint density at radius 2 is 2.00 bits per heavy atom. The van der Waals surface area contributed by atoms with Crippen molar-refractivity contribution < 1.29 is 19.4 Å². The Morgan fingerprint density at radius 3 is 2.71 bits per heavy atom. The van der Waals surface area contributed by atoms with Crippen molar-refractivity contribution in [1.29, 1.82) is 0 Å². The molecule has 1 aromatic heterocycles. The molecule has 142 valence electrons. The van der Waals surface area contributed by atoms with Crippen LogP contribution in [0.25, 0.3) is 11.1 Å². The van der Waals surface area contributed by atoms with Gasteiger partial charge in [0, 0.05) is 22.8 Å². The number of anilines is 1. The summed E-state index contributed by atoms with van der Waals surface area (Å²) >= 11 is 1.23. The molecule has 0 saturated carbocycles. The number of thiophene rings is 1. The van der Waals surface area contributed by atoms with Gasteiger partial charge >= 0.3 is 5.97 Å². The van der Waals surface area contributed by atoms with Gasteiger partial charge in [0.2, 0.25) is 5.91 Å². The predicted octanol–water partition coefficient (Wildman–Crippen LogP) is 4.99. The number of carbonyl (C=O) groups is 2. The number of ether oxygens (including phenoxy) is 1. The van der Waals surface area contributed by atoms with Gasteiger partial charge in [-0.15, -0.1) is 11.3 Å². The van der Waals surface area contributed by atoms with Crippen LogP contribution in [-0.4, -0.2) is 23.6 Å². The van der Waals surface area contributed by atoms with Crippen molar-refractivity contribution >= 4 is 28.9 Å². The number of benzene rings is 2. The van der Waals surface area contributed by atoms with Crippen LogP contribution in [0.2, 0.25) is 0 Å². The second kappa shape index (κ2) is 7.48. The summed E-state index contributed by atoms with van der Waals surface area (Å²) in [5.74, 6) is -0.573. The normalized spacial score (nSPS) is 15.6. The number of amides is 1. The lowest BCUT2D eigenvalue weighted by Crippen LogP contribution is -2.22. The highest BCUT2D eigenvalue weighted by Gasteiger charge is 2.34. The van der Waals surface area contributed by atoms with Gasteiger partial charge in [0.15, 0.2) is 0 Å². The molecule has 0 fully saturated rings. The number of hydrogen-bond acceptors (Lipinski definition) is 4. The number of carboxylic acids is 1. The Hall–Kier alpha value is -3.12. The summed E-state index contributed by atoms with van der Waals surface area (Å²) in [4.78, 5) is 25.6. The first-order chi connectivity index (χ1) is 13.6. The minimum Gasteiger partial charge on any atom is -0.494 e. The van der Waals surface area contributed by atoms with Gasteiger partial charge in [-0.2, -0.15) is 0 Å². The van der Waals surface area contributed by atoms with Crippen molar-refractivity contribution in [2.24, 2.45) is 0 Å². The quantitative estimate of drug-likeness (QED) is 0.641. The van der Waals surface area contributed by atoms with Crippen molar-refractivity contribution in [3.63, 3.8) is 0 Å². The van der Waals surface area contributed by atoms with Gasteiger partial charge < -0.3 is 15.2 Å². The number of hydrogen-bond donors (Lipinski definition) is 2. The summed E-state index contributed by atoms with van der Waals surface area (Å²) in [6, 6.07) is 17.0. The van der Waals surface area contributed by atoms with Crippen LogP contribution in [0.15, 0.2) is 54.6 Å². The molecular formula is C22H19NO4S. The summed E-state index contributed by atoms with van der Waals surface area (Å²) in [5.41, 5.74) is 2.91. The summed E-state index contributed by atoms with van der Waals surface area (Å²) in [6.07, 6.45) is 0.274. The summed E-state index contributed by atoms with van der Waals surface area (Å²) in [5, 5.41) is 12.7. The third-order valence-corrected chi connectivity index (χ3v) is 6.03. The van der Waals surface area contributed by atoms with E-state index in [9.17, 15) is 14.7 Å². The van der Waals surface area contributed by atoms with Crippen LogP contribution < -0.4 is 10.1 Å². The Kier molecular flexibility index (Phi) is 4.88. The molecule has 0 spiro atoms. The zero-order chi connectivity index (χ0) is 19.7. The van der Waals surface area contributed by atoms with Crippen LogP contribution in [0, 0.1) is 0 Å². The van der Waals surface area contributed by atoms with Gasteiger partial charge in [-0.3, -0.25) is 4.79 Å². The monoisotopic (exact) mass is 393 g/mol. The van der Waals surface area contributed by atoms with E-state index in [1.165, 1.54) is 11.3 Å². The fourth-order valence-electron chi connectivity index (χ4n) is 3.57. The Labute approximate surface area is 166 Å². The highest BCUT2D eigenvalue weighted by molar-refractivity contribution is 7.15. The molecule has 0 saturated heterocycles. The van der Waals surface area contributed by atoms with Gasteiger partial charge in [0.25, 0.3) is 0 Å². The van der Waals surface area contributed by atoms with E-state index in [1.54, 1.807) is 0 Å². The van der Waals surface area contributed by atoms with E-state index >= 15 is 0 Å². The molecule has 1 atom stereocenters. The van der Waals surface area contributed by atoms with E-state index in [1.807, 2.05) is 61.5 Å². The fraction of sp³-hybridized carbons (Fsp3) is 0.182. The van der Waals surface area contributed by atoms with E-state index in [0.29, 0.717) is 17.9 Å². The molecule has 0 unspecified atom stereocenters. The molecule has 6 heteroatoms. The Balaban J connectivity index is 1.89. The molecule has 2 aromatic carbocycles. The second-order valence-corrected chi connectivity index (χ2v) is 7.58. The van der Waals surface area contributed by atoms with Gasteiger partial charge in [-0.25, -0.2) is 4.79 Å². The maximum atomic E-state index is 12.5. The first-order valence-electron chi connectivity index (χ1n) is 9.06. The third kappa shape index (κ3) is 3.27. The van der Waals surface area contributed by atoms with Crippen LogP contribution in [0.1, 0.15) is 39.4 Å². The van der Waals surface area contributed by atoms with Gasteiger partial charge in [0.05, 0.1) is 12.3 Å². The molecule has 5 nitrogen and oxygen atoms in total. The number of nitrogens with one attached hydrogen (secondary N) is 1. The smallest absolute Gasteiger partial charge is 0.346 e. The van der Waals surface area contributed by atoms with E-state index in [0.717, 1.165) is 21.8 Å². The zero-order valence-electron chi connectivity index (χ0n) is 15.3. The topological polar surface area (TPSA) is 75.6 Å². The lowest BCUT2D eigenvalue weighted by atomic mass is 9.88. The molecular weight excluding hydrogens is 374 g/mol. The minimum atomic E-state index is -0.991. The number of aromatic carboxylic acids is 1. The molecule has 3 aromatic rings. The van der Waals surface area contributed by atoms with Crippen LogP contribution in [-0.2, 0) is 4.79 Å². The van der Waals surface area contributed by atoms with Crippen molar-refractivity contribution in [2.75, 3.05) is 11.9 Å². The molecule has 0 bridgehead atoms. The maximum absolute atomic E-state index is 12.5. The second-order valence-electron chi connectivity index (χ2n) is 6.53. The van der Waals surface area contributed by atoms with Crippen molar-refractivity contribution in [3.05, 3.63) is 69.9 Å². The van der Waals surface area contributed by atoms with E-state index in [2.05, 4.69) is 5.32 Å². The maximum Gasteiger partial charge on any atom is 0.346 e. The van der Waals surface area contributed by atoms with Crippen molar-refractivity contribution in [3.8, 4) is 16.9 Å². The largest absolute Gasteiger partial charge is 0.494 e. The molecule has 1 aliphatic heterocycles. The summed E-state index contributed by atoms with van der Waals surface area (Å²) in [6.45, 7) is 2.48. The molecule has 1 aliphatic rings. The van der Waals surface area contributed by atoms with Crippen LogP contribution in [0.3, 0.4) is 0 Å². The molecule has 0 aliphatic carbocycles. The van der Waals surface area contributed by atoms with E-state index < -0.39 is 5.97 Å². The first-order valence-corrected chi connectivity index (χ1v) is 9.88. The van der Waals surface area contributed by atoms with Crippen LogP contribution in [0.5, 0.6) is 5.75 Å². The Morgan fingerprint density at radius 1 is 1.21 bits per heavy atom. The van der Waals surface area contributed by atoms with Gasteiger partial charge in [-0.1, -0.05) is 42.5 Å². The molecule has 28 heavy (non-hydrogen) atoms. The predicted molar refractivity (Wildman–Crippen MR) is 109 cm³/mol. The van der Waals surface area contributed by atoms with Crippen LogP contribution >= 0.6 is 11.3 Å². The lowest BCUT2D eigenvalue weighted by Gasteiger charge is -2.24. The van der Waals surface area contributed by atoms with Gasteiger partial charge in [-0.05, 0) is 30.2 Å². The average molecular weight is 393 g/mol.